The van der Waals surface area contributed by atoms with E-state index in [1.165, 1.54) is 43.2 Å². The van der Waals surface area contributed by atoms with Gasteiger partial charge in [0.15, 0.2) is 0 Å². The van der Waals surface area contributed by atoms with Crippen molar-refractivity contribution in [3.05, 3.63) is 36.2 Å². The number of aromatic nitrogens is 1. The zero-order valence-corrected chi connectivity index (χ0v) is 15.9. The zero-order chi connectivity index (χ0) is 17.9. The summed E-state index contributed by atoms with van der Waals surface area (Å²) in [6, 6.07) is 4.27. The van der Waals surface area contributed by atoms with Crippen LogP contribution in [-0.4, -0.2) is 17.6 Å². The molecule has 0 N–H and O–H groups in total. The minimum atomic E-state index is 0.0262. The van der Waals surface area contributed by atoms with Gasteiger partial charge in [0.25, 0.3) is 0 Å². The van der Waals surface area contributed by atoms with Crippen molar-refractivity contribution in [3.8, 4) is 0 Å². The number of hydrogen-bond donors (Lipinski definition) is 0. The number of rotatable bonds is 1. The molecule has 2 heterocycles. The summed E-state index contributed by atoms with van der Waals surface area (Å²) in [5.41, 5.74) is 3.24. The van der Waals surface area contributed by atoms with Crippen LogP contribution < -0.4 is 0 Å². The number of hydrogen-bond acceptors (Lipinski definition) is 3. The Kier molecular flexibility index (Phi) is 3.61. The molecule has 1 aromatic rings. The monoisotopic (exact) mass is 351 g/mol. The predicted octanol–water partition coefficient (Wildman–Crippen LogP) is 4.88. The summed E-state index contributed by atoms with van der Waals surface area (Å²) in [7, 11) is 0. The van der Waals surface area contributed by atoms with E-state index in [1.54, 1.807) is 0 Å². The molecule has 6 atom stereocenters. The molecular formula is C23H29NO2. The first-order chi connectivity index (χ1) is 12.5. The molecule has 0 bridgehead atoms. The first kappa shape index (κ1) is 16.5. The van der Waals surface area contributed by atoms with Crippen molar-refractivity contribution in [2.75, 3.05) is 6.61 Å². The van der Waals surface area contributed by atoms with E-state index in [2.05, 4.69) is 37.0 Å². The highest BCUT2D eigenvalue weighted by atomic mass is 16.5. The molecule has 1 saturated heterocycles. The first-order valence-electron chi connectivity index (χ1n) is 10.3. The number of fused-ring (bicyclic) bond motifs is 5. The molecule has 0 amide bonds. The number of nitrogens with zero attached hydrogens (tertiary/aromatic N) is 1. The topological polar surface area (TPSA) is 39.2 Å². The van der Waals surface area contributed by atoms with Crippen molar-refractivity contribution in [1.82, 2.24) is 4.98 Å². The lowest BCUT2D eigenvalue weighted by atomic mass is 9.46. The summed E-state index contributed by atoms with van der Waals surface area (Å²) < 4.78 is 5.42. The molecule has 26 heavy (non-hydrogen) atoms. The fraction of sp³-hybridized carbons (Fsp3) is 0.652. The van der Waals surface area contributed by atoms with Gasteiger partial charge in [-0.15, -0.1) is 0 Å². The van der Waals surface area contributed by atoms with Crippen molar-refractivity contribution < 1.29 is 9.53 Å². The molecule has 3 heteroatoms. The van der Waals surface area contributed by atoms with Crippen LogP contribution >= 0.6 is 0 Å². The third-order valence-electron chi connectivity index (χ3n) is 8.59. The Morgan fingerprint density at radius 2 is 2.08 bits per heavy atom. The van der Waals surface area contributed by atoms with E-state index >= 15 is 0 Å². The minimum absolute atomic E-state index is 0.0262. The molecule has 5 rings (SSSR count). The molecular weight excluding hydrogens is 322 g/mol. The molecule has 1 aromatic heterocycles. The number of pyridine rings is 1. The van der Waals surface area contributed by atoms with E-state index in [0.717, 1.165) is 5.92 Å². The van der Waals surface area contributed by atoms with Crippen LogP contribution in [0.4, 0.5) is 0 Å². The number of allylic oxidation sites excluding steroid dienone is 2. The van der Waals surface area contributed by atoms with Crippen LogP contribution in [0.25, 0.3) is 5.57 Å². The maximum atomic E-state index is 12.1. The van der Waals surface area contributed by atoms with Crippen LogP contribution in [0.1, 0.15) is 57.9 Å². The Labute approximate surface area is 156 Å². The van der Waals surface area contributed by atoms with Gasteiger partial charge in [0.1, 0.15) is 0 Å². The molecule has 5 unspecified atom stereocenters. The van der Waals surface area contributed by atoms with Gasteiger partial charge >= 0.3 is 5.97 Å². The average Bonchev–Trinajstić information content (AvgIpc) is 2.99. The fourth-order valence-electron chi connectivity index (χ4n) is 7.18. The van der Waals surface area contributed by atoms with Gasteiger partial charge in [0.05, 0.1) is 13.0 Å². The second-order valence-electron chi connectivity index (χ2n) is 9.57. The van der Waals surface area contributed by atoms with Crippen molar-refractivity contribution >= 4 is 11.5 Å². The Morgan fingerprint density at radius 3 is 2.88 bits per heavy atom. The summed E-state index contributed by atoms with van der Waals surface area (Å²) in [4.78, 5) is 16.4. The van der Waals surface area contributed by atoms with Gasteiger partial charge in [-0.1, -0.05) is 26.0 Å². The highest BCUT2D eigenvalue weighted by Crippen LogP contribution is 2.66. The van der Waals surface area contributed by atoms with Gasteiger partial charge in [0, 0.05) is 12.4 Å². The van der Waals surface area contributed by atoms with Gasteiger partial charge in [-0.2, -0.15) is 0 Å². The molecule has 4 aliphatic rings. The second kappa shape index (κ2) is 5.68. The first-order valence-corrected chi connectivity index (χ1v) is 10.3. The van der Waals surface area contributed by atoms with E-state index in [0.29, 0.717) is 30.8 Å². The van der Waals surface area contributed by atoms with Crippen LogP contribution in [0, 0.1) is 34.5 Å². The van der Waals surface area contributed by atoms with Crippen LogP contribution in [0.5, 0.6) is 0 Å². The lowest BCUT2D eigenvalue weighted by Gasteiger charge is -2.59. The highest BCUT2D eigenvalue weighted by molar-refractivity contribution is 5.73. The summed E-state index contributed by atoms with van der Waals surface area (Å²) in [5.74, 6) is 2.73. The SMILES string of the molecule is CC12CC(=O)OCC1CCC1C2CCC2(C)C(c3cccnc3)=CC[C@@H]12. The number of esters is 1. The zero-order valence-electron chi connectivity index (χ0n) is 15.9. The number of carbonyl (C=O) groups is 1. The van der Waals surface area contributed by atoms with E-state index in [-0.39, 0.29) is 16.8 Å². The van der Waals surface area contributed by atoms with Crippen LogP contribution in [-0.2, 0) is 9.53 Å². The van der Waals surface area contributed by atoms with Gasteiger partial charge in [-0.05, 0) is 83.8 Å². The van der Waals surface area contributed by atoms with Crippen molar-refractivity contribution in [2.24, 2.45) is 34.5 Å². The van der Waals surface area contributed by atoms with Crippen LogP contribution in [0.2, 0.25) is 0 Å². The molecule has 3 nitrogen and oxygen atoms in total. The van der Waals surface area contributed by atoms with Crippen molar-refractivity contribution in [1.29, 1.82) is 0 Å². The third-order valence-corrected chi connectivity index (χ3v) is 8.59. The molecule has 3 fully saturated rings. The highest BCUT2D eigenvalue weighted by Gasteiger charge is 2.59. The molecule has 2 saturated carbocycles. The summed E-state index contributed by atoms with van der Waals surface area (Å²) in [6.45, 7) is 5.53. The third kappa shape index (κ3) is 2.18. The number of ether oxygens (including phenoxy) is 1. The van der Waals surface area contributed by atoms with Crippen LogP contribution in [0.15, 0.2) is 30.6 Å². The minimum Gasteiger partial charge on any atom is -0.465 e. The Bertz CT molecular complexity index is 757. The quantitative estimate of drug-likeness (QED) is 0.677. The van der Waals surface area contributed by atoms with Crippen molar-refractivity contribution in [2.45, 2.75) is 52.4 Å². The maximum absolute atomic E-state index is 12.1. The maximum Gasteiger partial charge on any atom is 0.306 e. The standard InChI is InChI=1S/C23H29NO2/c1-22-10-9-20-17(6-5-16-14-26-21(25)12-23(16,20)2)19(22)8-7-18(22)15-4-3-11-24-13-15/h3-4,7,11,13,16-17,19-20H,5-6,8-10,12,14H2,1-2H3/t16?,17?,19-,20?,22?,23?/m0/s1. The van der Waals surface area contributed by atoms with E-state index in [4.69, 9.17) is 4.74 Å². The Morgan fingerprint density at radius 1 is 1.19 bits per heavy atom. The Hall–Kier alpha value is -1.64. The largest absolute Gasteiger partial charge is 0.465 e. The smallest absolute Gasteiger partial charge is 0.306 e. The fourth-order valence-corrected chi connectivity index (χ4v) is 7.18. The van der Waals surface area contributed by atoms with Crippen LogP contribution in [0.3, 0.4) is 0 Å². The summed E-state index contributed by atoms with van der Waals surface area (Å²) in [6.07, 6.45) is 13.2. The lowest BCUT2D eigenvalue weighted by molar-refractivity contribution is -0.175. The molecule has 0 aromatic carbocycles. The molecule has 138 valence electrons. The lowest BCUT2D eigenvalue weighted by Crippen LogP contribution is -2.54. The Balaban J connectivity index is 1.46. The predicted molar refractivity (Wildman–Crippen MR) is 101 cm³/mol. The van der Waals surface area contributed by atoms with Gasteiger partial charge < -0.3 is 4.74 Å². The van der Waals surface area contributed by atoms with Gasteiger partial charge in [-0.3, -0.25) is 9.78 Å². The molecule has 0 radical (unpaired) electrons. The van der Waals surface area contributed by atoms with E-state index < -0.39 is 0 Å². The second-order valence-corrected chi connectivity index (χ2v) is 9.57. The normalized spacial score (nSPS) is 44.4. The van der Waals surface area contributed by atoms with Gasteiger partial charge in [0.2, 0.25) is 0 Å². The summed E-state index contributed by atoms with van der Waals surface area (Å²) >= 11 is 0. The number of cyclic esters (lactones) is 1. The molecule has 3 aliphatic carbocycles. The molecule has 0 spiro atoms. The molecule has 1 aliphatic heterocycles. The summed E-state index contributed by atoms with van der Waals surface area (Å²) in [5, 5.41) is 0. The van der Waals surface area contributed by atoms with Crippen molar-refractivity contribution in [3.63, 3.8) is 0 Å². The number of carbonyl (C=O) groups excluding carboxylic acids is 1. The van der Waals surface area contributed by atoms with E-state index in [9.17, 15) is 4.79 Å². The average molecular weight is 351 g/mol. The van der Waals surface area contributed by atoms with Gasteiger partial charge in [-0.25, -0.2) is 0 Å². The van der Waals surface area contributed by atoms with E-state index in [1.807, 2.05) is 12.4 Å².